The minimum absolute atomic E-state index is 0.280. The van der Waals surface area contributed by atoms with Crippen LogP contribution in [-0.2, 0) is 5.41 Å². The van der Waals surface area contributed by atoms with Gasteiger partial charge >= 0.3 is 0 Å². The number of rotatable bonds is 4. The lowest BCUT2D eigenvalue weighted by atomic mass is 9.94. The Hall–Kier alpha value is -0.380. The van der Waals surface area contributed by atoms with Crippen LogP contribution in [0.1, 0.15) is 55.8 Å². The summed E-state index contributed by atoms with van der Waals surface area (Å²) in [6.45, 7) is 9.38. The van der Waals surface area contributed by atoms with Gasteiger partial charge in [-0.05, 0) is 56.3 Å². The van der Waals surface area contributed by atoms with E-state index in [4.69, 9.17) is 0 Å². The maximum absolute atomic E-state index is 3.73. The first-order chi connectivity index (χ1) is 9.45. The average Bonchev–Trinajstić information content (AvgIpc) is 2.92. The largest absolute Gasteiger partial charge is 0.314 e. The zero-order valence-corrected chi connectivity index (χ0v) is 14.1. The Kier molecular flexibility index (Phi) is 3.95. The summed E-state index contributed by atoms with van der Waals surface area (Å²) in [5, 5.41) is 3.73. The first-order valence-corrected chi connectivity index (χ1v) is 8.80. The van der Waals surface area contributed by atoms with E-state index in [9.17, 15) is 0 Å². The Morgan fingerprint density at radius 3 is 2.60 bits per heavy atom. The van der Waals surface area contributed by atoms with E-state index in [0.29, 0.717) is 6.04 Å². The van der Waals surface area contributed by atoms with Gasteiger partial charge < -0.3 is 5.32 Å². The summed E-state index contributed by atoms with van der Waals surface area (Å²) in [5.74, 6) is 0.784. The van der Waals surface area contributed by atoms with Crippen molar-refractivity contribution in [1.29, 1.82) is 0 Å². The van der Waals surface area contributed by atoms with E-state index in [-0.39, 0.29) is 5.41 Å². The zero-order chi connectivity index (χ0) is 14.3. The highest BCUT2D eigenvalue weighted by Crippen LogP contribution is 2.41. The molecule has 2 atom stereocenters. The average molecular weight is 292 g/mol. The lowest BCUT2D eigenvalue weighted by Gasteiger charge is -2.24. The third kappa shape index (κ3) is 3.10. The van der Waals surface area contributed by atoms with E-state index in [1.807, 2.05) is 11.3 Å². The summed E-state index contributed by atoms with van der Waals surface area (Å²) in [6, 6.07) is 6.18. The van der Waals surface area contributed by atoms with Crippen LogP contribution in [0.4, 0.5) is 0 Å². The molecular weight excluding hydrogens is 264 g/mol. The zero-order valence-electron chi connectivity index (χ0n) is 13.3. The van der Waals surface area contributed by atoms with Crippen molar-refractivity contribution in [3.63, 3.8) is 0 Å². The fourth-order valence-corrected chi connectivity index (χ4v) is 4.54. The van der Waals surface area contributed by atoms with Gasteiger partial charge in [-0.15, -0.1) is 11.3 Å². The molecule has 1 aliphatic carbocycles. The van der Waals surface area contributed by atoms with Gasteiger partial charge in [0.2, 0.25) is 0 Å². The SMILES string of the molecule is CN1CCC(CNC2CC2)C1c1ccc(C(C)(C)C)s1. The molecule has 1 N–H and O–H groups in total. The van der Waals surface area contributed by atoms with Crippen LogP contribution in [0.3, 0.4) is 0 Å². The van der Waals surface area contributed by atoms with E-state index in [2.05, 4.69) is 50.2 Å². The van der Waals surface area contributed by atoms with E-state index in [1.54, 1.807) is 4.88 Å². The van der Waals surface area contributed by atoms with Crippen molar-refractivity contribution in [3.8, 4) is 0 Å². The number of likely N-dealkylation sites (tertiary alicyclic amines) is 1. The van der Waals surface area contributed by atoms with Crippen LogP contribution in [0, 0.1) is 5.92 Å². The van der Waals surface area contributed by atoms with Crippen molar-refractivity contribution in [2.45, 2.75) is 57.5 Å². The molecule has 2 nitrogen and oxygen atoms in total. The third-order valence-corrected chi connectivity index (χ3v) is 6.26. The fraction of sp³-hybridized carbons (Fsp3) is 0.765. The maximum Gasteiger partial charge on any atom is 0.0479 e. The van der Waals surface area contributed by atoms with Gasteiger partial charge in [0, 0.05) is 28.4 Å². The van der Waals surface area contributed by atoms with Crippen LogP contribution in [0.15, 0.2) is 12.1 Å². The van der Waals surface area contributed by atoms with Crippen molar-refractivity contribution in [3.05, 3.63) is 21.9 Å². The summed E-state index contributed by atoms with van der Waals surface area (Å²) >= 11 is 2.03. The molecule has 2 aliphatic rings. The Bertz CT molecular complexity index is 456. The summed E-state index contributed by atoms with van der Waals surface area (Å²) in [6.07, 6.45) is 4.12. The molecule has 1 saturated carbocycles. The van der Waals surface area contributed by atoms with Crippen molar-refractivity contribution < 1.29 is 0 Å². The van der Waals surface area contributed by atoms with Gasteiger partial charge in [0.05, 0.1) is 0 Å². The van der Waals surface area contributed by atoms with Crippen molar-refractivity contribution >= 4 is 11.3 Å². The molecule has 2 unspecified atom stereocenters. The van der Waals surface area contributed by atoms with Crippen LogP contribution in [0.2, 0.25) is 0 Å². The summed E-state index contributed by atoms with van der Waals surface area (Å²) in [5.41, 5.74) is 0.280. The molecule has 0 aromatic carbocycles. The van der Waals surface area contributed by atoms with Gasteiger partial charge in [0.25, 0.3) is 0 Å². The Morgan fingerprint density at radius 2 is 2.00 bits per heavy atom. The molecule has 0 spiro atoms. The van der Waals surface area contributed by atoms with Crippen LogP contribution in [0.25, 0.3) is 0 Å². The minimum Gasteiger partial charge on any atom is -0.314 e. The molecule has 20 heavy (non-hydrogen) atoms. The second-order valence-corrected chi connectivity index (χ2v) is 8.72. The number of nitrogens with zero attached hydrogens (tertiary/aromatic N) is 1. The van der Waals surface area contributed by atoms with Gasteiger partial charge in [0.1, 0.15) is 0 Å². The van der Waals surface area contributed by atoms with Gasteiger partial charge in [-0.1, -0.05) is 20.8 Å². The van der Waals surface area contributed by atoms with Crippen molar-refractivity contribution in [2.75, 3.05) is 20.1 Å². The number of thiophene rings is 1. The van der Waals surface area contributed by atoms with Crippen LogP contribution >= 0.6 is 11.3 Å². The molecule has 112 valence electrons. The van der Waals surface area contributed by atoms with E-state index < -0.39 is 0 Å². The fourth-order valence-electron chi connectivity index (χ4n) is 3.21. The molecule has 3 heteroatoms. The van der Waals surface area contributed by atoms with Crippen molar-refractivity contribution in [1.82, 2.24) is 10.2 Å². The molecule has 1 aromatic heterocycles. The topological polar surface area (TPSA) is 15.3 Å². The number of hydrogen-bond donors (Lipinski definition) is 1. The molecular formula is C17H28N2S. The number of hydrogen-bond acceptors (Lipinski definition) is 3. The number of nitrogens with one attached hydrogen (secondary N) is 1. The second-order valence-electron chi connectivity index (χ2n) is 7.61. The molecule has 0 radical (unpaired) electrons. The molecule has 1 aromatic rings. The van der Waals surface area contributed by atoms with Gasteiger partial charge in [-0.25, -0.2) is 0 Å². The first-order valence-electron chi connectivity index (χ1n) is 7.99. The lowest BCUT2D eigenvalue weighted by molar-refractivity contribution is 0.276. The summed E-state index contributed by atoms with van der Waals surface area (Å²) in [7, 11) is 2.29. The van der Waals surface area contributed by atoms with Gasteiger partial charge in [0.15, 0.2) is 0 Å². The van der Waals surface area contributed by atoms with Crippen molar-refractivity contribution in [2.24, 2.45) is 5.92 Å². The Morgan fingerprint density at radius 1 is 1.25 bits per heavy atom. The third-order valence-electron chi connectivity index (χ3n) is 4.68. The smallest absolute Gasteiger partial charge is 0.0479 e. The van der Waals surface area contributed by atoms with E-state index >= 15 is 0 Å². The molecule has 3 rings (SSSR count). The summed E-state index contributed by atoms with van der Waals surface area (Å²) in [4.78, 5) is 5.64. The molecule has 0 amide bonds. The highest BCUT2D eigenvalue weighted by atomic mass is 32.1. The van der Waals surface area contributed by atoms with E-state index in [1.165, 1.54) is 37.2 Å². The highest BCUT2D eigenvalue weighted by molar-refractivity contribution is 7.12. The normalized spacial score (nSPS) is 28.2. The second kappa shape index (κ2) is 5.43. The van der Waals surface area contributed by atoms with Crippen LogP contribution < -0.4 is 5.32 Å². The van der Waals surface area contributed by atoms with Crippen LogP contribution in [0.5, 0.6) is 0 Å². The van der Waals surface area contributed by atoms with E-state index in [0.717, 1.165) is 12.0 Å². The van der Waals surface area contributed by atoms with Gasteiger partial charge in [-0.3, -0.25) is 4.90 Å². The lowest BCUT2D eigenvalue weighted by Crippen LogP contribution is -2.29. The van der Waals surface area contributed by atoms with Gasteiger partial charge in [-0.2, -0.15) is 0 Å². The molecule has 2 fully saturated rings. The van der Waals surface area contributed by atoms with Crippen LogP contribution in [-0.4, -0.2) is 31.1 Å². The predicted octanol–water partition coefficient (Wildman–Crippen LogP) is 3.79. The monoisotopic (exact) mass is 292 g/mol. The molecule has 1 aliphatic heterocycles. The molecule has 2 heterocycles. The first kappa shape index (κ1) is 14.6. The standard InChI is InChI=1S/C17H28N2S/c1-17(2,3)15-8-7-14(20-15)16-12(9-10-19(16)4)11-18-13-5-6-13/h7-8,12-13,16,18H,5-6,9-11H2,1-4H3. The predicted molar refractivity (Wildman–Crippen MR) is 87.5 cm³/mol. The maximum atomic E-state index is 3.73. The quantitative estimate of drug-likeness (QED) is 0.908. The molecule has 0 bridgehead atoms. The highest BCUT2D eigenvalue weighted by Gasteiger charge is 2.35. The summed E-state index contributed by atoms with van der Waals surface area (Å²) < 4.78 is 0. The Labute approximate surface area is 127 Å². The molecule has 1 saturated heterocycles. The Balaban J connectivity index is 1.73. The minimum atomic E-state index is 0.280.